The number of para-hydroxylation sites is 1. The molecule has 0 bridgehead atoms. The molecule has 0 saturated heterocycles. The summed E-state index contributed by atoms with van der Waals surface area (Å²) >= 11 is 5.48. The maximum atomic E-state index is 10.4. The molecule has 7 heteroatoms. The Bertz CT molecular complexity index is 1040. The number of aromatic nitrogens is 2. The first-order valence-corrected chi connectivity index (χ1v) is 8.75. The fourth-order valence-corrected chi connectivity index (χ4v) is 3.46. The van der Waals surface area contributed by atoms with Crippen LogP contribution in [0.4, 0.5) is 0 Å². The number of aryl methyl sites for hydroxylation is 1. The van der Waals surface area contributed by atoms with Crippen molar-refractivity contribution in [2.45, 2.75) is 13.3 Å². The maximum absolute atomic E-state index is 10.4. The molecule has 0 aliphatic carbocycles. The van der Waals surface area contributed by atoms with E-state index in [9.17, 15) is 10.2 Å². The van der Waals surface area contributed by atoms with E-state index in [0.717, 1.165) is 11.1 Å². The van der Waals surface area contributed by atoms with E-state index in [1.54, 1.807) is 6.07 Å². The van der Waals surface area contributed by atoms with Crippen molar-refractivity contribution < 1.29 is 19.7 Å². The fraction of sp³-hybridized carbons (Fsp3) is 0.211. The highest BCUT2D eigenvalue weighted by Crippen LogP contribution is 2.45. The Labute approximate surface area is 155 Å². The number of fused-ring (bicyclic) bond motifs is 1. The highest BCUT2D eigenvalue weighted by molar-refractivity contribution is 7.71. The molecule has 4 rings (SSSR count). The second-order valence-electron chi connectivity index (χ2n) is 6.01. The summed E-state index contributed by atoms with van der Waals surface area (Å²) in [6, 6.07) is 8.74. The minimum atomic E-state index is -0.0341. The number of hydrogen-bond donors (Lipinski definition) is 4. The Hall–Kier alpha value is -2.93. The van der Waals surface area contributed by atoms with Gasteiger partial charge in [0.2, 0.25) is 0 Å². The smallest absolute Gasteiger partial charge is 0.169 e. The van der Waals surface area contributed by atoms with Gasteiger partial charge in [0.1, 0.15) is 29.4 Å². The average molecular weight is 370 g/mol. The third kappa shape index (κ3) is 2.61. The number of rotatable bonds is 3. The van der Waals surface area contributed by atoms with Crippen LogP contribution in [-0.4, -0.2) is 33.6 Å². The Kier molecular flexibility index (Phi) is 4.08. The van der Waals surface area contributed by atoms with E-state index in [2.05, 4.69) is 10.2 Å². The molecule has 0 unspecified atom stereocenters. The summed E-state index contributed by atoms with van der Waals surface area (Å²) in [5.74, 6) is 1.33. The van der Waals surface area contributed by atoms with E-state index in [-0.39, 0.29) is 11.5 Å². The molecule has 2 heterocycles. The molecule has 0 saturated carbocycles. The van der Waals surface area contributed by atoms with Crippen molar-refractivity contribution >= 4 is 12.2 Å². The lowest BCUT2D eigenvalue weighted by molar-refractivity contribution is 0.172. The zero-order valence-corrected chi connectivity index (χ0v) is 14.9. The molecule has 0 amide bonds. The van der Waals surface area contributed by atoms with Crippen LogP contribution < -0.4 is 9.47 Å². The van der Waals surface area contributed by atoms with Gasteiger partial charge in [0.25, 0.3) is 0 Å². The molecule has 4 N–H and O–H groups in total. The van der Waals surface area contributed by atoms with E-state index < -0.39 is 0 Å². The number of phenolic OH excluding ortho intramolecular Hbond substituents is 2. The first kappa shape index (κ1) is 16.5. The van der Waals surface area contributed by atoms with Gasteiger partial charge in [0.05, 0.1) is 5.69 Å². The number of benzene rings is 2. The van der Waals surface area contributed by atoms with Crippen LogP contribution in [0.15, 0.2) is 30.3 Å². The predicted molar refractivity (Wildman–Crippen MR) is 101 cm³/mol. The molecule has 0 spiro atoms. The minimum absolute atomic E-state index is 0.0341. The van der Waals surface area contributed by atoms with Crippen molar-refractivity contribution in [3.05, 3.63) is 40.5 Å². The minimum Gasteiger partial charge on any atom is -0.508 e. The Morgan fingerprint density at radius 1 is 1.04 bits per heavy atom. The Balaban J connectivity index is 1.95. The van der Waals surface area contributed by atoms with Crippen LogP contribution in [0.3, 0.4) is 0 Å². The van der Waals surface area contributed by atoms with E-state index in [0.29, 0.717) is 52.6 Å². The van der Waals surface area contributed by atoms with Crippen molar-refractivity contribution in [1.82, 2.24) is 10.2 Å². The second-order valence-corrected chi connectivity index (χ2v) is 6.42. The van der Waals surface area contributed by atoms with Gasteiger partial charge in [0.15, 0.2) is 11.5 Å². The quantitative estimate of drug-likeness (QED) is 0.520. The number of phenols is 2. The molecule has 134 valence electrons. The highest BCUT2D eigenvalue weighted by Gasteiger charge is 2.23. The topological polar surface area (TPSA) is 90.5 Å². The van der Waals surface area contributed by atoms with Crippen LogP contribution in [0.1, 0.15) is 12.5 Å². The summed E-state index contributed by atoms with van der Waals surface area (Å²) in [6.07, 6.45) is 0.636. The lowest BCUT2D eigenvalue weighted by Crippen LogP contribution is -2.15. The fourth-order valence-electron chi connectivity index (χ4n) is 3.19. The molecule has 1 aromatic heterocycles. The van der Waals surface area contributed by atoms with Gasteiger partial charge in [-0.1, -0.05) is 31.3 Å². The van der Waals surface area contributed by atoms with Crippen LogP contribution in [-0.2, 0) is 6.42 Å². The first-order valence-electron chi connectivity index (χ1n) is 8.35. The molecule has 1 aliphatic heterocycles. The Morgan fingerprint density at radius 3 is 2.65 bits per heavy atom. The number of nitrogens with one attached hydrogen (secondary N) is 2. The van der Waals surface area contributed by atoms with Crippen molar-refractivity contribution in [3.63, 3.8) is 0 Å². The molecule has 6 nitrogen and oxygen atoms in total. The molecular weight excluding hydrogens is 352 g/mol. The molecular formula is C19H18N2O4S. The number of hydrogen-bond acceptors (Lipinski definition) is 5. The summed E-state index contributed by atoms with van der Waals surface area (Å²) in [5, 5.41) is 26.4. The van der Waals surface area contributed by atoms with Crippen molar-refractivity contribution in [2.24, 2.45) is 0 Å². The van der Waals surface area contributed by atoms with Crippen molar-refractivity contribution in [3.8, 4) is 45.4 Å². The molecule has 0 fully saturated rings. The monoisotopic (exact) mass is 370 g/mol. The third-order valence-corrected chi connectivity index (χ3v) is 4.77. The van der Waals surface area contributed by atoms with Gasteiger partial charge in [-0.25, -0.2) is 0 Å². The molecule has 2 aromatic carbocycles. The van der Waals surface area contributed by atoms with E-state index in [1.807, 2.05) is 25.1 Å². The number of ether oxygens (including phenoxy) is 2. The van der Waals surface area contributed by atoms with Gasteiger partial charge in [-0.3, -0.25) is 10.2 Å². The van der Waals surface area contributed by atoms with Crippen LogP contribution in [0.2, 0.25) is 0 Å². The third-order valence-electron chi connectivity index (χ3n) is 4.46. The van der Waals surface area contributed by atoms with Gasteiger partial charge in [0, 0.05) is 22.8 Å². The SMILES string of the molecule is CCc1cc(-c2[nH][nH]c(=S)c2-c2cccc3c2OCCO3)c(O)cc1O. The molecule has 3 aromatic rings. The molecule has 0 radical (unpaired) electrons. The summed E-state index contributed by atoms with van der Waals surface area (Å²) < 4.78 is 12.0. The molecule has 26 heavy (non-hydrogen) atoms. The van der Waals surface area contributed by atoms with E-state index >= 15 is 0 Å². The molecule has 1 aliphatic rings. The Morgan fingerprint density at radius 2 is 1.85 bits per heavy atom. The van der Waals surface area contributed by atoms with Gasteiger partial charge in [-0.05, 0) is 24.1 Å². The summed E-state index contributed by atoms with van der Waals surface area (Å²) in [5.41, 5.74) is 3.41. The van der Waals surface area contributed by atoms with Crippen LogP contribution >= 0.6 is 12.2 Å². The largest absolute Gasteiger partial charge is 0.508 e. The summed E-state index contributed by atoms with van der Waals surface area (Å²) in [7, 11) is 0. The lowest BCUT2D eigenvalue weighted by Gasteiger charge is -2.21. The van der Waals surface area contributed by atoms with Gasteiger partial charge < -0.3 is 19.7 Å². The van der Waals surface area contributed by atoms with E-state index in [1.165, 1.54) is 6.07 Å². The van der Waals surface area contributed by atoms with Crippen molar-refractivity contribution in [2.75, 3.05) is 13.2 Å². The summed E-state index contributed by atoms with van der Waals surface area (Å²) in [4.78, 5) is 0. The first-order chi connectivity index (χ1) is 12.6. The normalized spacial score (nSPS) is 13.0. The lowest BCUT2D eigenvalue weighted by atomic mass is 9.97. The number of aromatic hydroxyl groups is 2. The summed E-state index contributed by atoms with van der Waals surface area (Å²) in [6.45, 7) is 2.90. The average Bonchev–Trinajstić information content (AvgIpc) is 3.02. The van der Waals surface area contributed by atoms with Gasteiger partial charge in [-0.15, -0.1) is 0 Å². The van der Waals surface area contributed by atoms with Crippen LogP contribution in [0.25, 0.3) is 22.4 Å². The van der Waals surface area contributed by atoms with Crippen LogP contribution in [0.5, 0.6) is 23.0 Å². The zero-order chi connectivity index (χ0) is 18.3. The highest BCUT2D eigenvalue weighted by atomic mass is 32.1. The van der Waals surface area contributed by atoms with Crippen LogP contribution in [0, 0.1) is 4.64 Å². The maximum Gasteiger partial charge on any atom is 0.169 e. The second kappa shape index (κ2) is 6.42. The zero-order valence-electron chi connectivity index (χ0n) is 14.1. The number of H-pyrrole nitrogens is 2. The predicted octanol–water partition coefficient (Wildman–Crippen LogP) is 4.15. The number of aromatic amines is 2. The van der Waals surface area contributed by atoms with Gasteiger partial charge >= 0.3 is 0 Å². The van der Waals surface area contributed by atoms with E-state index in [4.69, 9.17) is 21.7 Å². The van der Waals surface area contributed by atoms with Crippen molar-refractivity contribution in [1.29, 1.82) is 0 Å². The standard InChI is InChI=1S/C19H18N2O4S/c1-2-10-8-12(14(23)9-13(10)22)17-16(19(26)21-20-17)11-4-3-5-15-18(11)25-7-6-24-15/h3-5,8-9,22-23H,2,6-7H2,1H3,(H2,20,21,26). The van der Waals surface area contributed by atoms with Gasteiger partial charge in [-0.2, -0.15) is 0 Å². The molecule has 0 atom stereocenters.